The number of amides is 2. The molecule has 0 spiro atoms. The van der Waals surface area contributed by atoms with E-state index in [-0.39, 0.29) is 18.2 Å². The monoisotopic (exact) mass is 615 g/mol. The quantitative estimate of drug-likeness (QED) is 0.0932. The SMILES string of the molecule is CCOc1cc(/C=N\NC(=O)Cc2nnc(NC(=O)c3ccccc3C)s2)ccc1OCCOc1ccc([C@H](C)CC)cc1. The Bertz CT molecular complexity index is 1570. The molecule has 10 nitrogen and oxygen atoms in total. The van der Waals surface area contributed by atoms with E-state index in [1.54, 1.807) is 24.3 Å². The highest BCUT2D eigenvalue weighted by Crippen LogP contribution is 2.28. The maximum atomic E-state index is 12.5. The molecule has 0 radical (unpaired) electrons. The molecule has 1 atom stereocenters. The Kier molecular flexibility index (Phi) is 11.8. The van der Waals surface area contributed by atoms with Gasteiger partial charge in [-0.3, -0.25) is 14.9 Å². The van der Waals surface area contributed by atoms with Crippen molar-refractivity contribution in [2.24, 2.45) is 5.10 Å². The van der Waals surface area contributed by atoms with Gasteiger partial charge in [0.05, 0.1) is 19.2 Å². The molecule has 3 aromatic carbocycles. The van der Waals surface area contributed by atoms with Gasteiger partial charge in [-0.1, -0.05) is 55.5 Å². The van der Waals surface area contributed by atoms with E-state index >= 15 is 0 Å². The molecule has 1 heterocycles. The zero-order chi connectivity index (χ0) is 31.3. The van der Waals surface area contributed by atoms with Crippen molar-refractivity contribution in [3.63, 3.8) is 0 Å². The van der Waals surface area contributed by atoms with Crippen molar-refractivity contribution in [1.29, 1.82) is 0 Å². The number of aromatic nitrogens is 2. The average molecular weight is 616 g/mol. The number of hydrogen-bond donors (Lipinski definition) is 2. The molecule has 4 aromatic rings. The highest BCUT2D eigenvalue weighted by Gasteiger charge is 2.14. The Morgan fingerprint density at radius 3 is 2.48 bits per heavy atom. The molecule has 2 amide bonds. The number of anilines is 1. The smallest absolute Gasteiger partial charge is 0.257 e. The summed E-state index contributed by atoms with van der Waals surface area (Å²) in [6.45, 7) is 9.33. The van der Waals surface area contributed by atoms with Crippen molar-refractivity contribution >= 4 is 34.5 Å². The van der Waals surface area contributed by atoms with Crippen molar-refractivity contribution < 1.29 is 23.8 Å². The Hall–Kier alpha value is -4.77. The molecule has 0 saturated carbocycles. The zero-order valence-corrected chi connectivity index (χ0v) is 26.1. The lowest BCUT2D eigenvalue weighted by molar-refractivity contribution is -0.120. The van der Waals surface area contributed by atoms with Crippen LogP contribution in [-0.4, -0.2) is 48.0 Å². The summed E-state index contributed by atoms with van der Waals surface area (Å²) in [5, 5.41) is 15.5. The van der Waals surface area contributed by atoms with Crippen LogP contribution in [0.3, 0.4) is 0 Å². The second kappa shape index (κ2) is 16.2. The van der Waals surface area contributed by atoms with E-state index in [0.717, 1.165) is 34.6 Å². The lowest BCUT2D eigenvalue weighted by Gasteiger charge is -2.14. The van der Waals surface area contributed by atoms with Gasteiger partial charge in [-0.15, -0.1) is 10.2 Å². The van der Waals surface area contributed by atoms with Crippen molar-refractivity contribution in [2.45, 2.75) is 46.5 Å². The molecule has 11 heteroatoms. The number of aryl methyl sites for hydroxylation is 1. The van der Waals surface area contributed by atoms with Crippen LogP contribution in [0.25, 0.3) is 0 Å². The van der Waals surface area contributed by atoms with Gasteiger partial charge >= 0.3 is 0 Å². The summed E-state index contributed by atoms with van der Waals surface area (Å²) < 4.78 is 17.5. The largest absolute Gasteiger partial charge is 0.490 e. The van der Waals surface area contributed by atoms with E-state index < -0.39 is 0 Å². The molecule has 0 aliphatic carbocycles. The molecular formula is C33H37N5O5S. The van der Waals surface area contributed by atoms with Crippen LogP contribution in [0.5, 0.6) is 17.2 Å². The van der Waals surface area contributed by atoms with E-state index in [4.69, 9.17) is 14.2 Å². The van der Waals surface area contributed by atoms with Gasteiger partial charge in [0.2, 0.25) is 11.0 Å². The van der Waals surface area contributed by atoms with Crippen molar-refractivity contribution in [3.8, 4) is 17.2 Å². The van der Waals surface area contributed by atoms with Crippen molar-refractivity contribution in [2.75, 3.05) is 25.1 Å². The van der Waals surface area contributed by atoms with Gasteiger partial charge in [0.25, 0.3) is 5.91 Å². The first-order chi connectivity index (χ1) is 21.4. The number of hydrazone groups is 1. The second-order valence-corrected chi connectivity index (χ2v) is 11.0. The summed E-state index contributed by atoms with van der Waals surface area (Å²) in [6, 6.07) is 20.8. The van der Waals surface area contributed by atoms with Gasteiger partial charge in [0.1, 0.15) is 24.0 Å². The second-order valence-electron chi connectivity index (χ2n) is 9.95. The summed E-state index contributed by atoms with van der Waals surface area (Å²) >= 11 is 1.13. The van der Waals surface area contributed by atoms with Gasteiger partial charge < -0.3 is 14.2 Å². The number of carbonyl (C=O) groups is 2. The fourth-order valence-corrected chi connectivity index (χ4v) is 4.89. The minimum Gasteiger partial charge on any atom is -0.490 e. The highest BCUT2D eigenvalue weighted by atomic mass is 32.1. The molecule has 0 unspecified atom stereocenters. The van der Waals surface area contributed by atoms with Crippen molar-refractivity contribution in [3.05, 3.63) is 94.0 Å². The number of hydrogen-bond acceptors (Lipinski definition) is 9. The van der Waals surface area contributed by atoms with Crippen LogP contribution in [0.1, 0.15) is 65.2 Å². The number of benzene rings is 3. The van der Waals surface area contributed by atoms with Crippen LogP contribution in [0.15, 0.2) is 71.8 Å². The van der Waals surface area contributed by atoms with E-state index in [1.807, 2.05) is 44.2 Å². The molecule has 4 rings (SSSR count). The summed E-state index contributed by atoms with van der Waals surface area (Å²) in [5.41, 5.74) is 5.91. The van der Waals surface area contributed by atoms with Crippen LogP contribution in [0, 0.1) is 6.92 Å². The molecule has 1 aromatic heterocycles. The van der Waals surface area contributed by atoms with Crippen LogP contribution in [0.4, 0.5) is 5.13 Å². The minimum atomic E-state index is -0.367. The first-order valence-electron chi connectivity index (χ1n) is 14.5. The van der Waals surface area contributed by atoms with Gasteiger partial charge in [-0.05, 0) is 79.3 Å². The van der Waals surface area contributed by atoms with Gasteiger partial charge in [0.15, 0.2) is 11.5 Å². The molecule has 0 aliphatic heterocycles. The van der Waals surface area contributed by atoms with Gasteiger partial charge in [0, 0.05) is 5.56 Å². The standard InChI is InChI=1S/C33H37N5O5S/c1-5-22(3)25-12-14-26(15-13-25)42-17-18-43-28-16-11-24(19-29(28)41-6-2)21-34-36-30(39)20-31-37-38-33(44-31)35-32(40)27-10-8-7-9-23(27)4/h7-16,19,21-22H,5-6,17-18,20H2,1-4H3,(H,36,39)(H,35,38,40)/b34-21-/t22-/m1/s1. The third-order valence-electron chi connectivity index (χ3n) is 6.73. The van der Waals surface area contributed by atoms with Crippen LogP contribution >= 0.6 is 11.3 Å². The number of nitrogens with one attached hydrogen (secondary N) is 2. The van der Waals surface area contributed by atoms with Crippen LogP contribution < -0.4 is 25.0 Å². The first kappa shape index (κ1) is 32.2. The van der Waals surface area contributed by atoms with Gasteiger partial charge in [-0.25, -0.2) is 5.43 Å². The Balaban J connectivity index is 1.24. The number of rotatable bonds is 15. The first-order valence-corrected chi connectivity index (χ1v) is 15.3. The van der Waals surface area contributed by atoms with E-state index in [0.29, 0.717) is 52.9 Å². The number of ether oxygens (including phenoxy) is 3. The van der Waals surface area contributed by atoms with E-state index in [1.165, 1.54) is 11.8 Å². The van der Waals surface area contributed by atoms with Crippen LogP contribution in [-0.2, 0) is 11.2 Å². The lowest BCUT2D eigenvalue weighted by atomic mass is 9.99. The highest BCUT2D eigenvalue weighted by molar-refractivity contribution is 7.15. The average Bonchev–Trinajstić information content (AvgIpc) is 3.46. The van der Waals surface area contributed by atoms with Gasteiger partial charge in [-0.2, -0.15) is 5.10 Å². The molecule has 0 bridgehead atoms. The van der Waals surface area contributed by atoms with Crippen molar-refractivity contribution in [1.82, 2.24) is 15.6 Å². The Morgan fingerprint density at radius 2 is 1.73 bits per heavy atom. The summed E-state index contributed by atoms with van der Waals surface area (Å²) in [6.07, 6.45) is 2.58. The normalized spacial score (nSPS) is 11.6. The lowest BCUT2D eigenvalue weighted by Crippen LogP contribution is -2.19. The third kappa shape index (κ3) is 9.37. The molecule has 0 fully saturated rings. The molecule has 44 heavy (non-hydrogen) atoms. The number of carbonyl (C=O) groups excluding carboxylic acids is 2. The predicted molar refractivity (Wildman–Crippen MR) is 172 cm³/mol. The molecule has 2 N–H and O–H groups in total. The zero-order valence-electron chi connectivity index (χ0n) is 25.3. The fourth-order valence-electron chi connectivity index (χ4n) is 4.16. The predicted octanol–water partition coefficient (Wildman–Crippen LogP) is 6.16. The van der Waals surface area contributed by atoms with Crippen LogP contribution in [0.2, 0.25) is 0 Å². The molecular weight excluding hydrogens is 578 g/mol. The Labute approximate surface area is 261 Å². The topological polar surface area (TPSA) is 124 Å². The Morgan fingerprint density at radius 1 is 0.955 bits per heavy atom. The van der Waals surface area contributed by atoms with E-state index in [2.05, 4.69) is 52.0 Å². The summed E-state index contributed by atoms with van der Waals surface area (Å²) in [4.78, 5) is 24.9. The molecule has 230 valence electrons. The minimum absolute atomic E-state index is 0.0315. The summed E-state index contributed by atoms with van der Waals surface area (Å²) in [5.74, 6) is 1.83. The third-order valence-corrected chi connectivity index (χ3v) is 7.57. The maximum absolute atomic E-state index is 12.5. The number of nitrogens with zero attached hydrogens (tertiary/aromatic N) is 3. The summed E-state index contributed by atoms with van der Waals surface area (Å²) in [7, 11) is 0. The fraction of sp³-hybridized carbons (Fsp3) is 0.303. The molecule has 0 aliphatic rings. The van der Waals surface area contributed by atoms with E-state index in [9.17, 15) is 9.59 Å². The maximum Gasteiger partial charge on any atom is 0.257 e. The molecule has 0 saturated heterocycles.